The zero-order valence-electron chi connectivity index (χ0n) is 22.4. The number of anilines is 4. The fraction of sp³-hybridized carbons (Fsp3) is 0.0667. The number of sulfonamides is 1. The minimum atomic E-state index is -3.79. The Bertz CT molecular complexity index is 1680. The van der Waals surface area contributed by atoms with E-state index in [4.69, 9.17) is 17.0 Å². The second kappa shape index (κ2) is 14.0. The van der Waals surface area contributed by atoms with Gasteiger partial charge in [-0.2, -0.15) is 0 Å². The van der Waals surface area contributed by atoms with Crippen LogP contribution in [-0.2, 0) is 14.8 Å². The van der Waals surface area contributed by atoms with E-state index in [1.807, 2.05) is 0 Å². The number of aromatic nitrogens is 1. The predicted molar refractivity (Wildman–Crippen MR) is 167 cm³/mol. The van der Waals surface area contributed by atoms with Crippen LogP contribution in [0.25, 0.3) is 0 Å². The number of ether oxygens (including phenoxy) is 1. The third-order valence-corrected chi connectivity index (χ3v) is 7.21. The van der Waals surface area contributed by atoms with Crippen LogP contribution in [0.5, 0.6) is 0 Å². The van der Waals surface area contributed by atoms with Crippen molar-refractivity contribution in [3.05, 3.63) is 121 Å². The molecule has 0 atom stereocenters. The Kier molecular flexibility index (Phi) is 9.98. The fourth-order valence-corrected chi connectivity index (χ4v) is 4.82. The molecule has 0 spiro atoms. The van der Waals surface area contributed by atoms with E-state index in [9.17, 15) is 18.0 Å². The number of ketones is 1. The average Bonchev–Trinajstić information content (AvgIpc) is 2.98. The molecule has 0 saturated heterocycles. The SMILES string of the molecule is CCOC(=O)c1ccc(N/C=C/C(=O)c2ccc(NC(=S)Nc3ccc(S(=O)(=O)Nc4ccccn4)cc3)cc2)cc1. The molecule has 0 fully saturated rings. The summed E-state index contributed by atoms with van der Waals surface area (Å²) >= 11 is 5.36. The van der Waals surface area contributed by atoms with Crippen molar-refractivity contribution in [1.82, 2.24) is 4.98 Å². The zero-order chi connectivity index (χ0) is 30.0. The first-order valence-corrected chi connectivity index (χ1v) is 14.6. The van der Waals surface area contributed by atoms with Crippen molar-refractivity contribution in [3.8, 4) is 0 Å². The van der Waals surface area contributed by atoms with Crippen LogP contribution in [0, 0.1) is 0 Å². The smallest absolute Gasteiger partial charge is 0.338 e. The topological polar surface area (TPSA) is 139 Å². The van der Waals surface area contributed by atoms with Crippen molar-refractivity contribution in [2.75, 3.05) is 27.3 Å². The summed E-state index contributed by atoms with van der Waals surface area (Å²) in [6.45, 7) is 2.05. The van der Waals surface area contributed by atoms with Crippen molar-refractivity contribution < 1.29 is 22.7 Å². The van der Waals surface area contributed by atoms with Crippen LogP contribution in [0.15, 0.2) is 114 Å². The van der Waals surface area contributed by atoms with E-state index in [1.54, 1.807) is 85.8 Å². The van der Waals surface area contributed by atoms with Crippen molar-refractivity contribution in [2.24, 2.45) is 0 Å². The summed E-state index contributed by atoms with van der Waals surface area (Å²) in [5.41, 5.74) is 2.89. The molecule has 0 amide bonds. The van der Waals surface area contributed by atoms with Gasteiger partial charge in [0.1, 0.15) is 5.82 Å². The molecule has 214 valence electrons. The molecule has 0 radical (unpaired) electrons. The average molecular weight is 602 g/mol. The van der Waals surface area contributed by atoms with Gasteiger partial charge >= 0.3 is 5.97 Å². The van der Waals surface area contributed by atoms with Gasteiger partial charge in [0.05, 0.1) is 17.1 Å². The van der Waals surface area contributed by atoms with Gasteiger partial charge < -0.3 is 20.7 Å². The highest BCUT2D eigenvalue weighted by Crippen LogP contribution is 2.18. The molecule has 4 N–H and O–H groups in total. The molecule has 0 aliphatic rings. The summed E-state index contributed by atoms with van der Waals surface area (Å²) in [6.07, 6.45) is 4.43. The van der Waals surface area contributed by atoms with Crippen LogP contribution in [0.3, 0.4) is 0 Å². The quantitative estimate of drug-likeness (QED) is 0.0735. The first-order valence-electron chi connectivity index (χ1n) is 12.7. The Morgan fingerprint density at radius 2 is 1.43 bits per heavy atom. The minimum absolute atomic E-state index is 0.0778. The number of thiocarbonyl (C=S) groups is 1. The van der Waals surface area contributed by atoms with Gasteiger partial charge in [-0.1, -0.05) is 6.07 Å². The molecule has 42 heavy (non-hydrogen) atoms. The lowest BCUT2D eigenvalue weighted by molar-refractivity contribution is 0.0526. The number of benzene rings is 3. The fourth-order valence-electron chi connectivity index (χ4n) is 3.58. The Labute approximate surface area is 248 Å². The molecule has 3 aromatic carbocycles. The van der Waals surface area contributed by atoms with Gasteiger partial charge in [-0.25, -0.2) is 18.2 Å². The molecule has 10 nitrogen and oxygen atoms in total. The van der Waals surface area contributed by atoms with Crippen LogP contribution in [0.1, 0.15) is 27.6 Å². The Hall–Kier alpha value is -5.07. The number of carbonyl (C=O) groups excluding carboxylic acids is 2. The molecule has 4 rings (SSSR count). The van der Waals surface area contributed by atoms with E-state index in [1.165, 1.54) is 30.6 Å². The Morgan fingerprint density at radius 1 is 0.833 bits per heavy atom. The van der Waals surface area contributed by atoms with Gasteiger partial charge in [0.25, 0.3) is 10.0 Å². The second-order valence-corrected chi connectivity index (χ2v) is 10.7. The van der Waals surface area contributed by atoms with Gasteiger partial charge in [-0.3, -0.25) is 9.52 Å². The van der Waals surface area contributed by atoms with Crippen molar-refractivity contribution in [1.29, 1.82) is 0 Å². The van der Waals surface area contributed by atoms with Crippen LogP contribution in [-0.4, -0.2) is 36.9 Å². The predicted octanol–water partition coefficient (Wildman–Crippen LogP) is 5.68. The lowest BCUT2D eigenvalue weighted by atomic mass is 10.1. The van der Waals surface area contributed by atoms with Gasteiger partial charge in [-0.05, 0) is 104 Å². The van der Waals surface area contributed by atoms with Crippen molar-refractivity contribution in [2.45, 2.75) is 11.8 Å². The summed E-state index contributed by atoms with van der Waals surface area (Å²) in [4.78, 5) is 28.3. The standard InChI is InChI=1S/C30H27N5O5S2/c1-2-40-29(37)22-8-10-23(11-9-22)31-20-18-27(36)21-6-12-24(13-7-21)33-30(41)34-25-14-16-26(17-15-25)42(38,39)35-28-5-3-4-19-32-28/h3-20,31H,2H2,1H3,(H,32,35)(H2,33,34,41)/b20-18+. The molecule has 0 bridgehead atoms. The maximum atomic E-state index is 12.6. The van der Waals surface area contributed by atoms with Gasteiger partial charge in [0.15, 0.2) is 10.9 Å². The normalized spacial score (nSPS) is 11.0. The first-order chi connectivity index (χ1) is 20.2. The molecule has 12 heteroatoms. The lowest BCUT2D eigenvalue weighted by Crippen LogP contribution is -2.19. The third-order valence-electron chi connectivity index (χ3n) is 5.63. The zero-order valence-corrected chi connectivity index (χ0v) is 24.0. The number of nitrogens with one attached hydrogen (secondary N) is 4. The summed E-state index contributed by atoms with van der Waals surface area (Å²) in [6, 6.07) is 24.5. The molecule has 0 aliphatic carbocycles. The molecule has 0 unspecified atom stereocenters. The molecule has 4 aromatic rings. The molecule has 1 heterocycles. The van der Waals surface area contributed by atoms with E-state index in [2.05, 4.69) is 25.7 Å². The van der Waals surface area contributed by atoms with Crippen LogP contribution in [0.4, 0.5) is 22.9 Å². The largest absolute Gasteiger partial charge is 0.462 e. The van der Waals surface area contributed by atoms with Crippen LogP contribution >= 0.6 is 12.2 Å². The van der Waals surface area contributed by atoms with Crippen molar-refractivity contribution >= 4 is 62.0 Å². The van der Waals surface area contributed by atoms with Crippen LogP contribution < -0.4 is 20.7 Å². The maximum absolute atomic E-state index is 12.6. The number of hydrogen-bond acceptors (Lipinski definition) is 8. The number of pyridine rings is 1. The van der Waals surface area contributed by atoms with E-state index < -0.39 is 10.0 Å². The number of hydrogen-bond donors (Lipinski definition) is 4. The number of carbonyl (C=O) groups is 2. The van der Waals surface area contributed by atoms with Crippen LogP contribution in [0.2, 0.25) is 0 Å². The van der Waals surface area contributed by atoms with E-state index in [0.717, 1.165) is 0 Å². The maximum Gasteiger partial charge on any atom is 0.338 e. The summed E-state index contributed by atoms with van der Waals surface area (Å²) in [5.74, 6) is -0.364. The van der Waals surface area contributed by atoms with Gasteiger partial charge in [0.2, 0.25) is 0 Å². The molecule has 0 saturated carbocycles. The third kappa shape index (κ3) is 8.46. The van der Waals surface area contributed by atoms with E-state index >= 15 is 0 Å². The number of esters is 1. The van der Waals surface area contributed by atoms with Crippen molar-refractivity contribution in [3.63, 3.8) is 0 Å². The summed E-state index contributed by atoms with van der Waals surface area (Å²) in [5, 5.41) is 9.30. The lowest BCUT2D eigenvalue weighted by Gasteiger charge is -2.12. The summed E-state index contributed by atoms with van der Waals surface area (Å²) < 4.78 is 32.5. The molecular weight excluding hydrogens is 574 g/mol. The van der Waals surface area contributed by atoms with E-state index in [0.29, 0.717) is 34.8 Å². The Morgan fingerprint density at radius 3 is 2.02 bits per heavy atom. The Balaban J connectivity index is 1.26. The monoisotopic (exact) mass is 601 g/mol. The number of nitrogens with zero attached hydrogens (tertiary/aromatic N) is 1. The molecule has 0 aliphatic heterocycles. The van der Waals surface area contributed by atoms with E-state index in [-0.39, 0.29) is 27.6 Å². The number of allylic oxidation sites excluding steroid dienone is 1. The first kappa shape index (κ1) is 29.9. The highest BCUT2D eigenvalue weighted by molar-refractivity contribution is 7.92. The highest BCUT2D eigenvalue weighted by Gasteiger charge is 2.14. The molecular formula is C30H27N5O5S2. The van der Waals surface area contributed by atoms with Gasteiger partial charge in [0, 0.05) is 41.1 Å². The highest BCUT2D eigenvalue weighted by atomic mass is 32.2. The summed E-state index contributed by atoms with van der Waals surface area (Å²) in [7, 11) is -3.79. The van der Waals surface area contributed by atoms with Gasteiger partial charge in [-0.15, -0.1) is 0 Å². The molecule has 1 aromatic heterocycles. The minimum Gasteiger partial charge on any atom is -0.462 e. The number of rotatable bonds is 11. The second-order valence-electron chi connectivity index (χ2n) is 8.64.